The fraction of sp³-hybridized carbons (Fsp3) is 0.200. The van der Waals surface area contributed by atoms with Gasteiger partial charge in [0.2, 0.25) is 0 Å². The van der Waals surface area contributed by atoms with Gasteiger partial charge in [-0.2, -0.15) is 0 Å². The Hall–Kier alpha value is -1.40. The zero-order chi connectivity index (χ0) is 15.6. The molecule has 1 N–H and O–H groups in total. The molecule has 0 aliphatic rings. The average Bonchev–Trinajstić information content (AvgIpc) is 2.37. The van der Waals surface area contributed by atoms with Crippen LogP contribution in [-0.4, -0.2) is 8.42 Å². The molecule has 0 saturated carbocycles. The first-order valence-electron chi connectivity index (χ1n) is 6.38. The van der Waals surface area contributed by atoms with Gasteiger partial charge in [0.1, 0.15) is 10.7 Å². The van der Waals surface area contributed by atoms with Gasteiger partial charge >= 0.3 is 0 Å². The molecule has 3 nitrogen and oxygen atoms in total. The van der Waals surface area contributed by atoms with Gasteiger partial charge in [0.15, 0.2) is 0 Å². The van der Waals surface area contributed by atoms with Crippen molar-refractivity contribution < 1.29 is 12.8 Å². The second kappa shape index (κ2) is 6.15. The fourth-order valence-electron chi connectivity index (χ4n) is 1.99. The minimum absolute atomic E-state index is 0.152. The Kier molecular flexibility index (Phi) is 4.68. The Morgan fingerprint density at radius 2 is 1.81 bits per heavy atom. The topological polar surface area (TPSA) is 46.2 Å². The molecule has 0 bridgehead atoms. The van der Waals surface area contributed by atoms with Crippen LogP contribution < -0.4 is 4.72 Å². The number of benzene rings is 2. The van der Waals surface area contributed by atoms with Crippen LogP contribution in [0.2, 0.25) is 0 Å². The van der Waals surface area contributed by atoms with Crippen LogP contribution in [0.3, 0.4) is 0 Å². The van der Waals surface area contributed by atoms with Gasteiger partial charge in [-0.3, -0.25) is 4.72 Å². The Morgan fingerprint density at radius 1 is 1.14 bits per heavy atom. The maximum absolute atomic E-state index is 13.9. The summed E-state index contributed by atoms with van der Waals surface area (Å²) in [4.78, 5) is -0.371. The lowest BCUT2D eigenvalue weighted by Crippen LogP contribution is -2.16. The molecule has 0 radical (unpaired) electrons. The molecule has 0 heterocycles. The standard InChI is InChI=1S/C15H15BrFNO2S/c1-10(2)12-5-3-4-6-14(12)18-21(19,20)15-8-7-11(16)9-13(15)17/h3-10,18H,1-2H3. The lowest BCUT2D eigenvalue weighted by Gasteiger charge is -2.15. The summed E-state index contributed by atoms with van der Waals surface area (Å²) in [6, 6.07) is 11.0. The summed E-state index contributed by atoms with van der Waals surface area (Å²) in [7, 11) is -3.96. The summed E-state index contributed by atoms with van der Waals surface area (Å²) in [5.41, 5.74) is 1.33. The molecule has 0 aliphatic carbocycles. The summed E-state index contributed by atoms with van der Waals surface area (Å²) >= 11 is 3.11. The molecule has 6 heteroatoms. The number of para-hydroxylation sites is 1. The number of anilines is 1. The third-order valence-corrected chi connectivity index (χ3v) is 4.90. The van der Waals surface area contributed by atoms with Crippen molar-refractivity contribution in [2.45, 2.75) is 24.7 Å². The highest BCUT2D eigenvalue weighted by Crippen LogP contribution is 2.27. The molecule has 0 fully saturated rings. The van der Waals surface area contributed by atoms with Crippen LogP contribution in [0.5, 0.6) is 0 Å². The van der Waals surface area contributed by atoms with Crippen LogP contribution >= 0.6 is 15.9 Å². The quantitative estimate of drug-likeness (QED) is 0.858. The van der Waals surface area contributed by atoms with Gasteiger partial charge in [-0.1, -0.05) is 48.0 Å². The van der Waals surface area contributed by atoms with E-state index in [0.29, 0.717) is 10.2 Å². The molecule has 0 aliphatic heterocycles. The van der Waals surface area contributed by atoms with E-state index in [1.165, 1.54) is 12.1 Å². The predicted molar refractivity (Wildman–Crippen MR) is 85.4 cm³/mol. The predicted octanol–water partition coefficient (Wildman–Crippen LogP) is 4.51. The van der Waals surface area contributed by atoms with E-state index in [1.54, 1.807) is 12.1 Å². The van der Waals surface area contributed by atoms with Crippen LogP contribution in [0.4, 0.5) is 10.1 Å². The lowest BCUT2D eigenvalue weighted by molar-refractivity contribution is 0.570. The van der Waals surface area contributed by atoms with Gasteiger partial charge in [-0.15, -0.1) is 0 Å². The van der Waals surface area contributed by atoms with Crippen molar-refractivity contribution in [3.63, 3.8) is 0 Å². The van der Waals surface area contributed by atoms with E-state index in [9.17, 15) is 12.8 Å². The molecule has 0 saturated heterocycles. The fourth-order valence-corrected chi connectivity index (χ4v) is 3.47. The van der Waals surface area contributed by atoms with E-state index in [-0.39, 0.29) is 10.8 Å². The van der Waals surface area contributed by atoms with E-state index >= 15 is 0 Å². The Balaban J connectivity index is 2.43. The van der Waals surface area contributed by atoms with Crippen molar-refractivity contribution in [2.24, 2.45) is 0 Å². The smallest absolute Gasteiger partial charge is 0.264 e. The Morgan fingerprint density at radius 3 is 2.43 bits per heavy atom. The molecule has 2 rings (SSSR count). The molecular weight excluding hydrogens is 357 g/mol. The summed E-state index contributed by atoms with van der Waals surface area (Å²) in [5.74, 6) is -0.641. The van der Waals surface area contributed by atoms with Gasteiger partial charge in [-0.05, 0) is 35.7 Å². The second-order valence-corrected chi connectivity index (χ2v) is 7.49. The van der Waals surface area contributed by atoms with Gasteiger partial charge in [-0.25, -0.2) is 12.8 Å². The largest absolute Gasteiger partial charge is 0.279 e. The maximum Gasteiger partial charge on any atom is 0.264 e. The zero-order valence-corrected chi connectivity index (χ0v) is 14.0. The van der Waals surface area contributed by atoms with E-state index in [4.69, 9.17) is 0 Å². The lowest BCUT2D eigenvalue weighted by atomic mass is 10.0. The maximum atomic E-state index is 13.9. The summed E-state index contributed by atoms with van der Waals surface area (Å²) in [6.45, 7) is 3.93. The number of halogens is 2. The Bertz CT molecular complexity index is 760. The van der Waals surface area contributed by atoms with Gasteiger partial charge < -0.3 is 0 Å². The monoisotopic (exact) mass is 371 g/mol. The van der Waals surface area contributed by atoms with Crippen LogP contribution in [0.25, 0.3) is 0 Å². The summed E-state index contributed by atoms with van der Waals surface area (Å²) < 4.78 is 41.5. The molecule has 0 atom stereocenters. The van der Waals surface area contributed by atoms with Crippen molar-refractivity contribution in [3.8, 4) is 0 Å². The van der Waals surface area contributed by atoms with Crippen molar-refractivity contribution in [1.82, 2.24) is 0 Å². The first-order chi connectivity index (χ1) is 9.81. The first kappa shape index (κ1) is 16.0. The van der Waals surface area contributed by atoms with E-state index in [0.717, 1.165) is 11.6 Å². The van der Waals surface area contributed by atoms with Crippen molar-refractivity contribution in [3.05, 3.63) is 58.3 Å². The summed E-state index contributed by atoms with van der Waals surface area (Å²) in [5, 5.41) is 0. The van der Waals surface area contributed by atoms with E-state index in [1.807, 2.05) is 26.0 Å². The van der Waals surface area contributed by atoms with Crippen molar-refractivity contribution in [2.75, 3.05) is 4.72 Å². The van der Waals surface area contributed by atoms with Gasteiger partial charge in [0, 0.05) is 4.47 Å². The number of nitrogens with one attached hydrogen (secondary N) is 1. The molecule has 0 aromatic heterocycles. The molecule has 0 spiro atoms. The van der Waals surface area contributed by atoms with Crippen LogP contribution in [0.15, 0.2) is 51.8 Å². The minimum Gasteiger partial charge on any atom is -0.279 e. The molecule has 0 amide bonds. The number of sulfonamides is 1. The number of hydrogen-bond donors (Lipinski definition) is 1. The normalized spacial score (nSPS) is 11.7. The SMILES string of the molecule is CC(C)c1ccccc1NS(=O)(=O)c1ccc(Br)cc1F. The molecule has 112 valence electrons. The highest BCUT2D eigenvalue weighted by atomic mass is 79.9. The van der Waals surface area contributed by atoms with Crippen LogP contribution in [0, 0.1) is 5.82 Å². The molecular formula is C15H15BrFNO2S. The zero-order valence-electron chi connectivity index (χ0n) is 11.6. The van der Waals surface area contributed by atoms with E-state index < -0.39 is 15.8 Å². The van der Waals surface area contributed by atoms with Gasteiger partial charge in [0.05, 0.1) is 5.69 Å². The number of hydrogen-bond acceptors (Lipinski definition) is 2. The average molecular weight is 372 g/mol. The van der Waals surface area contributed by atoms with Gasteiger partial charge in [0.25, 0.3) is 10.0 Å². The molecule has 21 heavy (non-hydrogen) atoms. The minimum atomic E-state index is -3.96. The Labute approximate surface area is 132 Å². The third kappa shape index (κ3) is 3.63. The number of rotatable bonds is 4. The van der Waals surface area contributed by atoms with Crippen molar-refractivity contribution >= 4 is 31.6 Å². The molecule has 2 aromatic carbocycles. The second-order valence-electron chi connectivity index (χ2n) is 4.92. The van der Waals surface area contributed by atoms with Crippen LogP contribution in [-0.2, 0) is 10.0 Å². The molecule has 2 aromatic rings. The molecule has 0 unspecified atom stereocenters. The third-order valence-electron chi connectivity index (χ3n) is 3.01. The highest BCUT2D eigenvalue weighted by Gasteiger charge is 2.20. The van der Waals surface area contributed by atoms with Crippen molar-refractivity contribution in [1.29, 1.82) is 0 Å². The first-order valence-corrected chi connectivity index (χ1v) is 8.65. The van der Waals surface area contributed by atoms with E-state index in [2.05, 4.69) is 20.7 Å². The highest BCUT2D eigenvalue weighted by molar-refractivity contribution is 9.10. The summed E-state index contributed by atoms with van der Waals surface area (Å²) in [6.07, 6.45) is 0. The van der Waals surface area contributed by atoms with Crippen LogP contribution in [0.1, 0.15) is 25.3 Å².